The summed E-state index contributed by atoms with van der Waals surface area (Å²) in [6.07, 6.45) is 0. The second kappa shape index (κ2) is 8.40. The summed E-state index contributed by atoms with van der Waals surface area (Å²) in [4.78, 5) is 0. The van der Waals surface area contributed by atoms with Crippen LogP contribution in [0.2, 0.25) is 9.56 Å². The molecule has 1 rings (SSSR count). The van der Waals surface area contributed by atoms with Crippen molar-refractivity contribution in [1.29, 1.82) is 0 Å². The minimum absolute atomic E-state index is 0. The molecule has 0 atom stereocenters. The van der Waals surface area contributed by atoms with Gasteiger partial charge in [-0.05, 0) is 31.9 Å². The van der Waals surface area contributed by atoms with Gasteiger partial charge in [0.2, 0.25) is 15.2 Å². The molecule has 0 fully saturated rings. The van der Waals surface area contributed by atoms with Gasteiger partial charge in [0.25, 0.3) is 16.3 Å². The molecule has 1 aromatic rings. The largest absolute Gasteiger partial charge is 0.259 e. The molecular weight excluding hydrogens is 234 g/mol. The fourth-order valence-corrected chi connectivity index (χ4v) is 3.94. The van der Waals surface area contributed by atoms with E-state index in [1.165, 1.54) is 37.4 Å². The molecule has 0 N–H and O–H groups in total. The first-order valence-corrected chi connectivity index (χ1v) is 8.97. The van der Waals surface area contributed by atoms with Crippen molar-refractivity contribution in [3.05, 3.63) is 28.8 Å². The SMILES string of the molecule is C[CH](C)[Al][CH](C)C.Cc1cc[c]([AlH2])c(C)c1C.[HH]. The van der Waals surface area contributed by atoms with Gasteiger partial charge < -0.3 is 0 Å². The summed E-state index contributed by atoms with van der Waals surface area (Å²) in [5.41, 5.74) is 4.37. The molecule has 0 heterocycles. The lowest BCUT2D eigenvalue weighted by Crippen LogP contribution is -2.08. The molecule has 17 heavy (non-hydrogen) atoms. The highest BCUT2D eigenvalue weighted by Gasteiger charge is 2.00. The van der Waals surface area contributed by atoms with Crippen LogP contribution in [-0.4, -0.2) is 31.5 Å². The number of rotatable bonds is 2. The van der Waals surface area contributed by atoms with Crippen LogP contribution in [0, 0.1) is 20.8 Å². The molecule has 0 aromatic heterocycles. The third kappa shape index (κ3) is 7.33. The van der Waals surface area contributed by atoms with Crippen molar-refractivity contribution in [2.75, 3.05) is 0 Å². The summed E-state index contributed by atoms with van der Waals surface area (Å²) >= 11 is 1.89. The number of aryl methyl sites for hydroxylation is 1. The van der Waals surface area contributed by atoms with E-state index in [9.17, 15) is 0 Å². The Hall–Kier alpha value is 0.285. The lowest BCUT2D eigenvalue weighted by molar-refractivity contribution is 0.971. The molecule has 0 aliphatic carbocycles. The van der Waals surface area contributed by atoms with Gasteiger partial charge in [-0.1, -0.05) is 55.0 Å². The summed E-state index contributed by atoms with van der Waals surface area (Å²) in [7, 11) is 0. The van der Waals surface area contributed by atoms with E-state index in [0.717, 1.165) is 9.56 Å². The van der Waals surface area contributed by atoms with Gasteiger partial charge in [-0.15, -0.1) is 4.43 Å². The van der Waals surface area contributed by atoms with E-state index in [-0.39, 0.29) is 1.43 Å². The number of benzene rings is 1. The molecule has 95 valence electrons. The topological polar surface area (TPSA) is 0 Å². The molecule has 2 heteroatoms. The number of hydrogen-bond donors (Lipinski definition) is 0. The quantitative estimate of drug-likeness (QED) is 0.717. The molecule has 0 aliphatic rings. The Balaban J connectivity index is 0. The first-order valence-electron chi connectivity index (χ1n) is 6.64. The fraction of sp³-hybridized carbons (Fsp3) is 0.600. The lowest BCUT2D eigenvalue weighted by atomic mass is 10.1. The van der Waals surface area contributed by atoms with Crippen molar-refractivity contribution in [2.24, 2.45) is 0 Å². The first kappa shape index (κ1) is 17.3. The van der Waals surface area contributed by atoms with Crippen LogP contribution in [0.4, 0.5) is 0 Å². The maximum atomic E-state index is 2.30. The summed E-state index contributed by atoms with van der Waals surface area (Å²) in [5.74, 6) is 0. The van der Waals surface area contributed by atoms with Crippen LogP contribution in [0.5, 0.6) is 0 Å². The molecule has 0 saturated carbocycles. The summed E-state index contributed by atoms with van der Waals surface area (Å²) in [6, 6.07) is 4.45. The Morgan fingerprint density at radius 3 is 1.71 bits per heavy atom. The Kier molecular flexibility index (Phi) is 8.54. The number of hydrogen-bond acceptors (Lipinski definition) is 0. The maximum absolute atomic E-state index is 2.30. The van der Waals surface area contributed by atoms with Crippen molar-refractivity contribution in [3.63, 3.8) is 0 Å². The van der Waals surface area contributed by atoms with Crippen LogP contribution in [0.3, 0.4) is 0 Å². The van der Waals surface area contributed by atoms with E-state index in [0.29, 0.717) is 15.2 Å². The van der Waals surface area contributed by atoms with Crippen LogP contribution in [0.25, 0.3) is 0 Å². The zero-order valence-corrected chi connectivity index (χ0v) is 16.0. The maximum Gasteiger partial charge on any atom is 0.259 e. The highest BCUT2D eigenvalue weighted by Crippen LogP contribution is 2.08. The predicted octanol–water partition coefficient (Wildman–Crippen LogP) is 3.46. The Morgan fingerprint density at radius 2 is 1.41 bits per heavy atom. The van der Waals surface area contributed by atoms with Crippen molar-refractivity contribution in [1.82, 2.24) is 0 Å². The molecule has 0 bridgehead atoms. The van der Waals surface area contributed by atoms with Gasteiger partial charge in [-0.25, -0.2) is 0 Å². The summed E-state index contributed by atoms with van der Waals surface area (Å²) < 4.78 is 3.45. The lowest BCUT2D eigenvalue weighted by Gasteiger charge is -2.06. The molecule has 1 radical (unpaired) electrons. The van der Waals surface area contributed by atoms with Gasteiger partial charge in [-0.3, -0.25) is 0 Å². The average Bonchev–Trinajstić information content (AvgIpc) is 2.20. The van der Waals surface area contributed by atoms with Crippen LogP contribution < -0.4 is 4.43 Å². The standard InChI is InChI=1S/C9H11.2C3H7.2Al.H2.2H/c1-7-5-4-6-8(2)9(7)3;2*1-3-2;;;;;/h4-5H,1-3H3;2*3H,1-2H3;;;1H;;. The predicted molar refractivity (Wildman–Crippen MR) is 86.9 cm³/mol. The van der Waals surface area contributed by atoms with Crippen molar-refractivity contribution in [3.8, 4) is 0 Å². The minimum Gasteiger partial charge on any atom is -0.118 e. The first-order chi connectivity index (χ1) is 7.75. The van der Waals surface area contributed by atoms with E-state index in [1.807, 2.05) is 0 Å². The molecule has 0 aliphatic heterocycles. The van der Waals surface area contributed by atoms with Crippen LogP contribution in [0.15, 0.2) is 12.1 Å². The monoisotopic (exact) mass is 263 g/mol. The highest BCUT2D eigenvalue weighted by molar-refractivity contribution is 6.38. The molecular formula is C15H29Al2. The van der Waals surface area contributed by atoms with Gasteiger partial charge in [0.15, 0.2) is 0 Å². The normalized spacial score (nSPS) is 10.2. The highest BCUT2D eigenvalue weighted by atomic mass is 27.1. The Morgan fingerprint density at radius 1 is 0.941 bits per heavy atom. The van der Waals surface area contributed by atoms with Crippen LogP contribution in [0.1, 0.15) is 45.8 Å². The Labute approximate surface area is 124 Å². The van der Waals surface area contributed by atoms with E-state index < -0.39 is 0 Å². The molecule has 0 unspecified atom stereocenters. The zero-order valence-electron chi connectivity index (χ0n) is 12.9. The van der Waals surface area contributed by atoms with Gasteiger partial charge in [-0.2, -0.15) is 0 Å². The van der Waals surface area contributed by atoms with Gasteiger partial charge in [0.1, 0.15) is 0 Å². The molecule has 0 nitrogen and oxygen atoms in total. The van der Waals surface area contributed by atoms with E-state index in [4.69, 9.17) is 0 Å². The fourth-order valence-electron chi connectivity index (χ4n) is 1.86. The second-order valence-corrected chi connectivity index (χ2v) is 9.76. The van der Waals surface area contributed by atoms with E-state index in [2.05, 4.69) is 60.6 Å². The smallest absolute Gasteiger partial charge is 0.118 e. The molecule has 1 aromatic carbocycles. The van der Waals surface area contributed by atoms with Crippen molar-refractivity contribution < 1.29 is 1.43 Å². The van der Waals surface area contributed by atoms with E-state index in [1.54, 1.807) is 0 Å². The zero-order chi connectivity index (χ0) is 13.6. The van der Waals surface area contributed by atoms with Gasteiger partial charge in [0, 0.05) is 1.43 Å². The van der Waals surface area contributed by atoms with Crippen LogP contribution in [-0.2, 0) is 0 Å². The minimum atomic E-state index is 0. The van der Waals surface area contributed by atoms with E-state index >= 15 is 0 Å². The average molecular weight is 263 g/mol. The molecule has 0 spiro atoms. The van der Waals surface area contributed by atoms with Crippen molar-refractivity contribution >= 4 is 35.9 Å². The Bertz CT molecular complexity index is 314. The second-order valence-electron chi connectivity index (χ2n) is 5.63. The third-order valence-corrected chi connectivity index (χ3v) is 5.72. The van der Waals surface area contributed by atoms with Gasteiger partial charge in [0.05, 0.1) is 0 Å². The van der Waals surface area contributed by atoms with Crippen LogP contribution >= 0.6 is 0 Å². The molecule has 0 saturated heterocycles. The molecule has 0 amide bonds. The summed E-state index contributed by atoms with van der Waals surface area (Å²) in [5, 5.41) is 0. The van der Waals surface area contributed by atoms with Gasteiger partial charge >= 0.3 is 0 Å². The van der Waals surface area contributed by atoms with Crippen molar-refractivity contribution in [2.45, 2.75) is 58.0 Å². The third-order valence-electron chi connectivity index (χ3n) is 3.10. The summed E-state index contributed by atoms with van der Waals surface area (Å²) in [6.45, 7) is 15.8.